The molecule has 0 N–H and O–H groups in total. The van der Waals surface area contributed by atoms with Gasteiger partial charge in [0.25, 0.3) is 0 Å². The van der Waals surface area contributed by atoms with Gasteiger partial charge in [-0.1, -0.05) is 17.7 Å². The molecule has 1 aromatic carbocycles. The first-order valence-corrected chi connectivity index (χ1v) is 8.22. The van der Waals surface area contributed by atoms with Crippen LogP contribution in [-0.2, 0) is 16.6 Å². The molecule has 7 heteroatoms. The zero-order chi connectivity index (χ0) is 14.0. The Kier molecular flexibility index (Phi) is 4.25. The summed E-state index contributed by atoms with van der Waals surface area (Å²) < 4.78 is 25.9. The van der Waals surface area contributed by atoms with Gasteiger partial charge in [-0.25, -0.2) is 13.4 Å². The zero-order valence-electron chi connectivity index (χ0n) is 10.5. The summed E-state index contributed by atoms with van der Waals surface area (Å²) in [7, 11) is -2.00. The van der Waals surface area contributed by atoms with Gasteiger partial charge in [-0.15, -0.1) is 11.3 Å². The Hall–Kier alpha value is -0.950. The Labute approximate surface area is 121 Å². The van der Waals surface area contributed by atoms with E-state index in [1.54, 1.807) is 12.1 Å². The van der Waals surface area contributed by atoms with Crippen LogP contribution >= 0.6 is 22.9 Å². The van der Waals surface area contributed by atoms with E-state index >= 15 is 0 Å². The number of aromatic nitrogens is 1. The molecule has 0 saturated carbocycles. The zero-order valence-corrected chi connectivity index (χ0v) is 12.9. The number of rotatable bonds is 4. The lowest BCUT2D eigenvalue weighted by Crippen LogP contribution is -2.26. The molecule has 0 aliphatic rings. The lowest BCUT2D eigenvalue weighted by atomic mass is 10.4. The predicted octanol–water partition coefficient (Wildman–Crippen LogP) is 2.93. The van der Waals surface area contributed by atoms with Crippen LogP contribution in [0.25, 0.3) is 0 Å². The van der Waals surface area contributed by atoms with Crippen LogP contribution in [0.1, 0.15) is 10.7 Å². The predicted molar refractivity (Wildman–Crippen MR) is 77.0 cm³/mol. The number of nitrogens with zero attached hydrogens (tertiary/aromatic N) is 2. The van der Waals surface area contributed by atoms with E-state index < -0.39 is 10.0 Å². The first kappa shape index (κ1) is 14.5. The molecule has 0 saturated heterocycles. The van der Waals surface area contributed by atoms with Crippen molar-refractivity contribution in [2.45, 2.75) is 18.4 Å². The third-order valence-corrected chi connectivity index (χ3v) is 5.41. The average Bonchev–Trinajstić information content (AvgIpc) is 2.74. The first-order valence-electron chi connectivity index (χ1n) is 5.52. The molecule has 0 radical (unpaired) electrons. The molecule has 2 aromatic rings. The number of halogens is 1. The van der Waals surface area contributed by atoms with Crippen LogP contribution in [0.3, 0.4) is 0 Å². The van der Waals surface area contributed by atoms with Gasteiger partial charge in [0.05, 0.1) is 22.1 Å². The topological polar surface area (TPSA) is 50.3 Å². The fourth-order valence-electron chi connectivity index (χ4n) is 1.60. The number of hydrogen-bond acceptors (Lipinski definition) is 4. The highest BCUT2D eigenvalue weighted by Gasteiger charge is 2.21. The molecule has 0 aliphatic heterocycles. The largest absolute Gasteiger partial charge is 0.245 e. The number of benzene rings is 1. The van der Waals surface area contributed by atoms with Gasteiger partial charge >= 0.3 is 0 Å². The molecule has 4 nitrogen and oxygen atoms in total. The molecule has 0 amide bonds. The van der Waals surface area contributed by atoms with Crippen molar-refractivity contribution in [3.63, 3.8) is 0 Å². The minimum atomic E-state index is -3.54. The van der Waals surface area contributed by atoms with E-state index in [1.165, 1.54) is 34.8 Å². The third-order valence-electron chi connectivity index (χ3n) is 2.56. The molecular weight excluding hydrogens is 304 g/mol. The minimum absolute atomic E-state index is 0.189. The summed E-state index contributed by atoms with van der Waals surface area (Å²) in [5.41, 5.74) is 0.746. The SMILES string of the molecule is Cc1nc(CN(C)S(=O)(=O)c2cccc(Cl)c2)cs1. The van der Waals surface area contributed by atoms with E-state index in [-0.39, 0.29) is 11.4 Å². The van der Waals surface area contributed by atoms with Crippen LogP contribution in [0.4, 0.5) is 0 Å². The van der Waals surface area contributed by atoms with Crippen molar-refractivity contribution in [2.75, 3.05) is 7.05 Å². The number of thiazole rings is 1. The van der Waals surface area contributed by atoms with Crippen LogP contribution in [-0.4, -0.2) is 24.8 Å². The Bertz CT molecular complexity index is 683. The number of sulfonamides is 1. The summed E-state index contributed by atoms with van der Waals surface area (Å²) in [6.07, 6.45) is 0. The molecule has 2 rings (SSSR count). The summed E-state index contributed by atoms with van der Waals surface area (Å²) in [6.45, 7) is 2.14. The highest BCUT2D eigenvalue weighted by Crippen LogP contribution is 2.20. The number of aryl methyl sites for hydroxylation is 1. The van der Waals surface area contributed by atoms with Crippen molar-refractivity contribution in [2.24, 2.45) is 0 Å². The fraction of sp³-hybridized carbons (Fsp3) is 0.250. The molecule has 0 atom stereocenters. The monoisotopic (exact) mass is 316 g/mol. The Morgan fingerprint density at radius 2 is 2.16 bits per heavy atom. The second-order valence-electron chi connectivity index (χ2n) is 4.08. The quantitative estimate of drug-likeness (QED) is 0.871. The van der Waals surface area contributed by atoms with Crippen LogP contribution in [0.5, 0.6) is 0 Å². The van der Waals surface area contributed by atoms with Gasteiger partial charge in [0.15, 0.2) is 0 Å². The van der Waals surface area contributed by atoms with Crippen molar-refractivity contribution < 1.29 is 8.42 Å². The van der Waals surface area contributed by atoms with E-state index in [2.05, 4.69) is 4.98 Å². The van der Waals surface area contributed by atoms with Crippen molar-refractivity contribution >= 4 is 33.0 Å². The van der Waals surface area contributed by atoms with E-state index in [0.29, 0.717) is 5.02 Å². The molecule has 0 fully saturated rings. The highest BCUT2D eigenvalue weighted by molar-refractivity contribution is 7.89. The van der Waals surface area contributed by atoms with E-state index in [0.717, 1.165) is 10.7 Å². The maximum atomic E-state index is 12.3. The maximum absolute atomic E-state index is 12.3. The van der Waals surface area contributed by atoms with Gasteiger partial charge in [-0.3, -0.25) is 0 Å². The molecule has 19 heavy (non-hydrogen) atoms. The van der Waals surface area contributed by atoms with Crippen LogP contribution in [0.15, 0.2) is 34.5 Å². The molecule has 102 valence electrons. The summed E-state index contributed by atoms with van der Waals surface area (Å²) >= 11 is 7.33. The standard InChI is InChI=1S/C12H13ClN2O2S2/c1-9-14-11(8-18-9)7-15(2)19(16,17)12-5-3-4-10(13)6-12/h3-6,8H,7H2,1-2H3. The normalized spacial score (nSPS) is 12.0. The average molecular weight is 317 g/mol. The summed E-state index contributed by atoms with van der Waals surface area (Å²) in [5.74, 6) is 0. The van der Waals surface area contributed by atoms with E-state index in [9.17, 15) is 8.42 Å². The smallest absolute Gasteiger partial charge is 0.243 e. The first-order chi connectivity index (χ1) is 8.89. The summed E-state index contributed by atoms with van der Waals surface area (Å²) in [5, 5.41) is 3.18. The molecule has 1 heterocycles. The molecule has 0 aliphatic carbocycles. The Balaban J connectivity index is 2.24. The Morgan fingerprint density at radius 3 is 2.74 bits per heavy atom. The second-order valence-corrected chi connectivity index (χ2v) is 7.62. The lowest BCUT2D eigenvalue weighted by Gasteiger charge is -2.16. The molecular formula is C12H13ClN2O2S2. The summed E-state index contributed by atoms with van der Waals surface area (Å²) in [6, 6.07) is 6.24. The van der Waals surface area contributed by atoms with Crippen molar-refractivity contribution in [3.05, 3.63) is 45.4 Å². The van der Waals surface area contributed by atoms with E-state index in [1.807, 2.05) is 12.3 Å². The Morgan fingerprint density at radius 1 is 1.42 bits per heavy atom. The van der Waals surface area contributed by atoms with Crippen LogP contribution in [0.2, 0.25) is 5.02 Å². The van der Waals surface area contributed by atoms with Gasteiger partial charge in [-0.05, 0) is 25.1 Å². The van der Waals surface area contributed by atoms with Gasteiger partial charge in [-0.2, -0.15) is 4.31 Å². The molecule has 1 aromatic heterocycles. The molecule has 0 spiro atoms. The molecule has 0 bridgehead atoms. The maximum Gasteiger partial charge on any atom is 0.243 e. The highest BCUT2D eigenvalue weighted by atomic mass is 35.5. The third kappa shape index (κ3) is 3.33. The van der Waals surface area contributed by atoms with Crippen molar-refractivity contribution in [3.8, 4) is 0 Å². The molecule has 0 unspecified atom stereocenters. The number of hydrogen-bond donors (Lipinski definition) is 0. The lowest BCUT2D eigenvalue weighted by molar-refractivity contribution is 0.463. The minimum Gasteiger partial charge on any atom is -0.245 e. The van der Waals surface area contributed by atoms with Gasteiger partial charge in [0, 0.05) is 17.5 Å². The summed E-state index contributed by atoms with van der Waals surface area (Å²) in [4.78, 5) is 4.45. The van der Waals surface area contributed by atoms with Crippen molar-refractivity contribution in [1.82, 2.24) is 9.29 Å². The fourth-order valence-corrected chi connectivity index (χ4v) is 3.65. The van der Waals surface area contributed by atoms with Gasteiger partial charge in [0.1, 0.15) is 0 Å². The van der Waals surface area contributed by atoms with Crippen molar-refractivity contribution in [1.29, 1.82) is 0 Å². The van der Waals surface area contributed by atoms with Gasteiger partial charge in [0.2, 0.25) is 10.0 Å². The second kappa shape index (κ2) is 5.58. The van der Waals surface area contributed by atoms with Crippen LogP contribution in [0, 0.1) is 6.92 Å². The van der Waals surface area contributed by atoms with Crippen LogP contribution < -0.4 is 0 Å². The van der Waals surface area contributed by atoms with Gasteiger partial charge < -0.3 is 0 Å². The van der Waals surface area contributed by atoms with E-state index in [4.69, 9.17) is 11.6 Å².